The fourth-order valence-electron chi connectivity index (χ4n) is 3.19. The summed E-state index contributed by atoms with van der Waals surface area (Å²) in [6.45, 7) is 11.8. The van der Waals surface area contributed by atoms with E-state index in [1.807, 2.05) is 31.3 Å². The first kappa shape index (κ1) is 21.4. The lowest BCUT2D eigenvalue weighted by molar-refractivity contribution is 0.0601. The Bertz CT molecular complexity index is 765. The molecular weight excluding hydrogens is 356 g/mol. The average molecular weight is 389 g/mol. The minimum atomic E-state index is -1.68. The minimum absolute atomic E-state index is 0.00589. The molecule has 6 heteroatoms. The number of aryl methyl sites for hydroxylation is 1. The Balaban J connectivity index is 2.60. The smallest absolute Gasteiger partial charge is 0.337 e. The molecule has 0 radical (unpaired) electrons. The predicted molar refractivity (Wildman–Crippen MR) is 112 cm³/mol. The summed E-state index contributed by atoms with van der Waals surface area (Å²) in [6.07, 6.45) is 5.03. The third-order valence-electron chi connectivity index (χ3n) is 4.51. The molecule has 27 heavy (non-hydrogen) atoms. The Morgan fingerprint density at radius 2 is 2.00 bits per heavy atom. The van der Waals surface area contributed by atoms with Gasteiger partial charge in [-0.1, -0.05) is 45.1 Å². The highest BCUT2D eigenvalue weighted by molar-refractivity contribution is 6.76. The summed E-state index contributed by atoms with van der Waals surface area (Å²) in [6, 6.07) is 7.54. The number of esters is 1. The SMILES string of the molecule is CCCCc1ncc(-c2cccc(C(=O)OC)c2)n1C(OCC)[Si](C)(C)C. The van der Waals surface area contributed by atoms with Gasteiger partial charge < -0.3 is 14.0 Å². The van der Waals surface area contributed by atoms with E-state index in [1.165, 1.54) is 7.11 Å². The van der Waals surface area contributed by atoms with E-state index in [0.29, 0.717) is 12.2 Å². The molecule has 0 saturated heterocycles. The molecule has 1 heterocycles. The molecule has 1 unspecified atom stereocenters. The fourth-order valence-corrected chi connectivity index (χ4v) is 4.92. The van der Waals surface area contributed by atoms with Crippen LogP contribution in [0.4, 0.5) is 0 Å². The monoisotopic (exact) mass is 388 g/mol. The molecule has 0 spiro atoms. The summed E-state index contributed by atoms with van der Waals surface area (Å²) >= 11 is 0. The second-order valence-electron chi connectivity index (χ2n) is 7.78. The maximum absolute atomic E-state index is 12.0. The summed E-state index contributed by atoms with van der Waals surface area (Å²) in [5.41, 5.74) is 2.49. The van der Waals surface area contributed by atoms with Gasteiger partial charge in [-0.3, -0.25) is 0 Å². The topological polar surface area (TPSA) is 53.3 Å². The lowest BCUT2D eigenvalue weighted by atomic mass is 10.1. The maximum atomic E-state index is 12.0. The number of carbonyl (C=O) groups excluding carboxylic acids is 1. The van der Waals surface area contributed by atoms with Crippen molar-refractivity contribution in [2.45, 2.75) is 58.6 Å². The first-order chi connectivity index (χ1) is 12.8. The summed E-state index contributed by atoms with van der Waals surface area (Å²) in [5, 5.41) is 0. The van der Waals surface area contributed by atoms with Gasteiger partial charge in [0, 0.05) is 18.6 Å². The zero-order valence-corrected chi connectivity index (χ0v) is 18.4. The zero-order valence-electron chi connectivity index (χ0n) is 17.4. The van der Waals surface area contributed by atoms with Crippen molar-refractivity contribution in [3.63, 3.8) is 0 Å². The first-order valence-corrected chi connectivity index (χ1v) is 13.3. The van der Waals surface area contributed by atoms with Crippen molar-refractivity contribution in [3.05, 3.63) is 41.9 Å². The summed E-state index contributed by atoms with van der Waals surface area (Å²) < 4.78 is 13.4. The number of ether oxygens (including phenoxy) is 2. The summed E-state index contributed by atoms with van der Waals surface area (Å²) in [7, 11) is -0.279. The number of hydrogen-bond donors (Lipinski definition) is 0. The van der Waals surface area contributed by atoms with Gasteiger partial charge in [0.25, 0.3) is 0 Å². The molecular formula is C21H32N2O3Si. The fraction of sp³-hybridized carbons (Fsp3) is 0.524. The highest BCUT2D eigenvalue weighted by Gasteiger charge is 2.32. The van der Waals surface area contributed by atoms with Crippen LogP contribution in [0, 0.1) is 0 Å². The van der Waals surface area contributed by atoms with Crippen LogP contribution < -0.4 is 0 Å². The van der Waals surface area contributed by atoms with Crippen LogP contribution in [0.1, 0.15) is 48.7 Å². The molecule has 2 rings (SSSR count). The number of imidazole rings is 1. The molecule has 148 valence electrons. The van der Waals surface area contributed by atoms with E-state index >= 15 is 0 Å². The van der Waals surface area contributed by atoms with Gasteiger partial charge in [0.2, 0.25) is 0 Å². The molecule has 1 aromatic heterocycles. The van der Waals surface area contributed by atoms with Gasteiger partial charge in [-0.25, -0.2) is 9.78 Å². The molecule has 0 amide bonds. The van der Waals surface area contributed by atoms with Crippen LogP contribution >= 0.6 is 0 Å². The van der Waals surface area contributed by atoms with Crippen LogP contribution in [-0.4, -0.2) is 37.3 Å². The molecule has 0 fully saturated rings. The molecule has 0 aliphatic rings. The van der Waals surface area contributed by atoms with Crippen LogP contribution in [0.15, 0.2) is 30.5 Å². The van der Waals surface area contributed by atoms with Crippen LogP contribution in [0.25, 0.3) is 11.3 Å². The molecule has 0 bridgehead atoms. The van der Waals surface area contributed by atoms with Crippen molar-refractivity contribution < 1.29 is 14.3 Å². The minimum Gasteiger partial charge on any atom is -0.465 e. The highest BCUT2D eigenvalue weighted by atomic mass is 28.3. The average Bonchev–Trinajstić information content (AvgIpc) is 3.06. The highest BCUT2D eigenvalue weighted by Crippen LogP contribution is 2.32. The number of nitrogens with zero attached hydrogens (tertiary/aromatic N) is 2. The second kappa shape index (κ2) is 9.33. The van der Waals surface area contributed by atoms with Crippen molar-refractivity contribution >= 4 is 14.0 Å². The zero-order chi connectivity index (χ0) is 20.0. The Hall–Kier alpha value is -1.92. The van der Waals surface area contributed by atoms with Gasteiger partial charge in [0.1, 0.15) is 19.7 Å². The van der Waals surface area contributed by atoms with Crippen LogP contribution in [0.5, 0.6) is 0 Å². The lowest BCUT2D eigenvalue weighted by Crippen LogP contribution is -2.38. The Morgan fingerprint density at radius 1 is 1.26 bits per heavy atom. The molecule has 2 aromatic rings. The van der Waals surface area contributed by atoms with E-state index in [0.717, 1.165) is 36.3 Å². The molecule has 0 aliphatic heterocycles. The molecule has 0 saturated carbocycles. The van der Waals surface area contributed by atoms with E-state index in [2.05, 4.69) is 31.1 Å². The predicted octanol–water partition coefficient (Wildman–Crippen LogP) is 5.09. The molecule has 0 N–H and O–H groups in total. The molecule has 5 nitrogen and oxygen atoms in total. The first-order valence-electron chi connectivity index (χ1n) is 9.69. The van der Waals surface area contributed by atoms with Crippen molar-refractivity contribution in [3.8, 4) is 11.3 Å². The van der Waals surface area contributed by atoms with Gasteiger partial charge in [0.15, 0.2) is 0 Å². The molecule has 1 atom stereocenters. The Morgan fingerprint density at radius 3 is 2.59 bits per heavy atom. The number of rotatable bonds is 9. The van der Waals surface area contributed by atoms with Crippen LogP contribution in [-0.2, 0) is 15.9 Å². The number of benzene rings is 1. The maximum Gasteiger partial charge on any atom is 0.337 e. The normalized spacial score (nSPS) is 12.8. The summed E-state index contributed by atoms with van der Waals surface area (Å²) in [4.78, 5) is 16.7. The van der Waals surface area contributed by atoms with E-state index in [9.17, 15) is 4.79 Å². The molecule has 1 aromatic carbocycles. The molecule has 0 aliphatic carbocycles. The number of carbonyl (C=O) groups is 1. The lowest BCUT2D eigenvalue weighted by Gasteiger charge is -2.32. The third kappa shape index (κ3) is 5.08. The van der Waals surface area contributed by atoms with E-state index in [1.54, 1.807) is 6.07 Å². The van der Waals surface area contributed by atoms with E-state index < -0.39 is 8.07 Å². The number of unbranched alkanes of at least 4 members (excludes halogenated alkanes) is 1. The third-order valence-corrected chi connectivity index (χ3v) is 6.41. The number of methoxy groups -OCH3 is 1. The van der Waals surface area contributed by atoms with Crippen molar-refractivity contribution in [1.29, 1.82) is 0 Å². The Kier molecular flexibility index (Phi) is 7.38. The largest absolute Gasteiger partial charge is 0.465 e. The van der Waals surface area contributed by atoms with E-state index in [-0.39, 0.29) is 11.8 Å². The van der Waals surface area contributed by atoms with Crippen molar-refractivity contribution in [2.24, 2.45) is 0 Å². The number of aromatic nitrogens is 2. The van der Waals surface area contributed by atoms with Gasteiger partial charge in [-0.15, -0.1) is 0 Å². The summed E-state index contributed by atoms with van der Waals surface area (Å²) in [5.74, 6) is 0.713. The van der Waals surface area contributed by atoms with Gasteiger partial charge in [0.05, 0.1) is 24.6 Å². The standard InChI is InChI=1S/C21H32N2O3Si/c1-7-9-13-19-22-15-18(23(19)21(26-8-2)27(4,5)6)16-11-10-12-17(14-16)20(24)25-3/h10-12,14-15,21H,7-9,13H2,1-6H3. The second-order valence-corrected chi connectivity index (χ2v) is 13.0. The van der Waals surface area contributed by atoms with E-state index in [4.69, 9.17) is 14.5 Å². The quantitative estimate of drug-likeness (QED) is 0.443. The Labute approximate surface area is 163 Å². The van der Waals surface area contributed by atoms with Crippen molar-refractivity contribution in [2.75, 3.05) is 13.7 Å². The van der Waals surface area contributed by atoms with Crippen molar-refractivity contribution in [1.82, 2.24) is 9.55 Å². The van der Waals surface area contributed by atoms with Crippen LogP contribution in [0.2, 0.25) is 19.6 Å². The van der Waals surface area contributed by atoms with Gasteiger partial charge >= 0.3 is 5.97 Å². The van der Waals surface area contributed by atoms with Crippen LogP contribution in [0.3, 0.4) is 0 Å². The van der Waals surface area contributed by atoms with Gasteiger partial charge in [-0.2, -0.15) is 0 Å². The number of hydrogen-bond acceptors (Lipinski definition) is 4. The van der Waals surface area contributed by atoms with Gasteiger partial charge in [-0.05, 0) is 25.5 Å².